The normalized spacial score (nSPS) is 10.5. The van der Waals surface area contributed by atoms with Gasteiger partial charge < -0.3 is 10.1 Å². The van der Waals surface area contributed by atoms with Crippen LogP contribution in [0.15, 0.2) is 54.6 Å². The summed E-state index contributed by atoms with van der Waals surface area (Å²) < 4.78 is 5.76. The number of hydrogen-bond donors (Lipinski definition) is 1. The average molecular weight is 255 g/mol. The Morgan fingerprint density at radius 2 is 1.79 bits per heavy atom. The number of rotatable bonds is 6. The number of nitrogens with one attached hydrogen (secondary N) is 1. The van der Waals surface area contributed by atoms with Crippen LogP contribution in [0, 0.1) is 0 Å². The Bertz CT molecular complexity index is 494. The molecule has 100 valence electrons. The second-order valence-electron chi connectivity index (χ2n) is 4.87. The monoisotopic (exact) mass is 255 g/mol. The molecule has 19 heavy (non-hydrogen) atoms. The molecule has 0 bridgehead atoms. The topological polar surface area (TPSA) is 21.3 Å². The molecule has 0 aliphatic carbocycles. The van der Waals surface area contributed by atoms with Gasteiger partial charge >= 0.3 is 0 Å². The Morgan fingerprint density at radius 1 is 1.00 bits per heavy atom. The fourth-order valence-electron chi connectivity index (χ4n) is 1.88. The van der Waals surface area contributed by atoms with Gasteiger partial charge in [0.25, 0.3) is 0 Å². The number of hydrogen-bond acceptors (Lipinski definition) is 2. The summed E-state index contributed by atoms with van der Waals surface area (Å²) in [5.41, 5.74) is 2.44. The molecule has 2 aromatic carbocycles. The highest BCUT2D eigenvalue weighted by molar-refractivity contribution is 5.42. The summed E-state index contributed by atoms with van der Waals surface area (Å²) in [7, 11) is 0. The summed E-state index contributed by atoms with van der Waals surface area (Å²) in [4.78, 5) is 0. The van der Waals surface area contributed by atoms with E-state index in [1.54, 1.807) is 0 Å². The van der Waals surface area contributed by atoms with Gasteiger partial charge in [-0.3, -0.25) is 0 Å². The Labute approximate surface area is 115 Å². The van der Waals surface area contributed by atoms with Crippen molar-refractivity contribution in [2.75, 3.05) is 18.5 Å². The lowest BCUT2D eigenvalue weighted by atomic mass is 10.0. The van der Waals surface area contributed by atoms with Gasteiger partial charge in [0.2, 0.25) is 0 Å². The molecular formula is C17H21NO. The molecule has 0 unspecified atom stereocenters. The first-order chi connectivity index (χ1) is 9.25. The van der Waals surface area contributed by atoms with Crippen LogP contribution in [0.25, 0.3) is 0 Å². The maximum atomic E-state index is 5.76. The third-order valence-electron chi connectivity index (χ3n) is 3.00. The molecule has 0 aliphatic heterocycles. The first kappa shape index (κ1) is 13.5. The number of anilines is 1. The molecule has 2 rings (SSSR count). The molecule has 2 heteroatoms. The van der Waals surface area contributed by atoms with Gasteiger partial charge in [-0.05, 0) is 35.7 Å². The fourth-order valence-corrected chi connectivity index (χ4v) is 1.88. The van der Waals surface area contributed by atoms with E-state index in [1.807, 2.05) is 24.3 Å². The highest BCUT2D eigenvalue weighted by Gasteiger charge is 2.00. The zero-order valence-corrected chi connectivity index (χ0v) is 11.6. The van der Waals surface area contributed by atoms with Gasteiger partial charge in [-0.25, -0.2) is 0 Å². The van der Waals surface area contributed by atoms with Crippen molar-refractivity contribution in [1.29, 1.82) is 0 Å². The van der Waals surface area contributed by atoms with Crippen LogP contribution in [-0.2, 0) is 0 Å². The lowest BCUT2D eigenvalue weighted by molar-refractivity contribution is 0.332. The molecule has 0 atom stereocenters. The van der Waals surface area contributed by atoms with Crippen molar-refractivity contribution in [1.82, 2.24) is 0 Å². The number of para-hydroxylation sites is 1. The molecule has 0 aliphatic rings. The second-order valence-corrected chi connectivity index (χ2v) is 4.87. The van der Waals surface area contributed by atoms with Crippen LogP contribution in [0.5, 0.6) is 5.75 Å². The maximum absolute atomic E-state index is 5.76. The maximum Gasteiger partial charge on any atom is 0.119 e. The van der Waals surface area contributed by atoms with E-state index in [-0.39, 0.29) is 0 Å². The molecule has 2 nitrogen and oxygen atoms in total. The van der Waals surface area contributed by atoms with Crippen LogP contribution >= 0.6 is 0 Å². The highest BCUT2D eigenvalue weighted by atomic mass is 16.5. The smallest absolute Gasteiger partial charge is 0.119 e. The molecule has 0 amide bonds. The third-order valence-corrected chi connectivity index (χ3v) is 3.00. The Morgan fingerprint density at radius 3 is 2.53 bits per heavy atom. The van der Waals surface area contributed by atoms with Gasteiger partial charge in [0.1, 0.15) is 12.4 Å². The van der Waals surface area contributed by atoms with Gasteiger partial charge in [-0.2, -0.15) is 0 Å². The molecule has 0 saturated carbocycles. The quantitative estimate of drug-likeness (QED) is 0.777. The van der Waals surface area contributed by atoms with Crippen LogP contribution in [-0.4, -0.2) is 13.2 Å². The van der Waals surface area contributed by atoms with Crippen LogP contribution in [0.1, 0.15) is 25.3 Å². The van der Waals surface area contributed by atoms with E-state index in [0.717, 1.165) is 18.0 Å². The minimum absolute atomic E-state index is 0.533. The summed E-state index contributed by atoms with van der Waals surface area (Å²) in [5, 5.41) is 3.33. The van der Waals surface area contributed by atoms with E-state index in [9.17, 15) is 0 Å². The predicted molar refractivity (Wildman–Crippen MR) is 81.0 cm³/mol. The molecular weight excluding hydrogens is 234 g/mol. The van der Waals surface area contributed by atoms with E-state index >= 15 is 0 Å². The number of ether oxygens (including phenoxy) is 1. The van der Waals surface area contributed by atoms with Crippen molar-refractivity contribution in [2.45, 2.75) is 19.8 Å². The van der Waals surface area contributed by atoms with Crippen molar-refractivity contribution in [3.63, 3.8) is 0 Å². The molecule has 0 heterocycles. The van der Waals surface area contributed by atoms with E-state index < -0.39 is 0 Å². The standard InChI is InChI=1S/C17H21NO/c1-14(2)15-7-6-10-17(13-15)19-12-11-18-16-8-4-3-5-9-16/h3-10,13-14,18H,11-12H2,1-2H3. The van der Waals surface area contributed by atoms with Crippen molar-refractivity contribution in [3.8, 4) is 5.75 Å². The molecule has 0 fully saturated rings. The van der Waals surface area contributed by atoms with Crippen molar-refractivity contribution >= 4 is 5.69 Å². The minimum atomic E-state index is 0.533. The van der Waals surface area contributed by atoms with Gasteiger partial charge in [-0.15, -0.1) is 0 Å². The van der Waals surface area contributed by atoms with Crippen LogP contribution < -0.4 is 10.1 Å². The predicted octanol–water partition coefficient (Wildman–Crippen LogP) is 4.30. The Hall–Kier alpha value is -1.96. The van der Waals surface area contributed by atoms with Gasteiger partial charge in [0, 0.05) is 12.2 Å². The third kappa shape index (κ3) is 4.32. The van der Waals surface area contributed by atoms with E-state index in [0.29, 0.717) is 12.5 Å². The van der Waals surface area contributed by atoms with Crippen LogP contribution in [0.2, 0.25) is 0 Å². The summed E-state index contributed by atoms with van der Waals surface area (Å²) >= 11 is 0. The summed E-state index contributed by atoms with van der Waals surface area (Å²) in [6.07, 6.45) is 0. The average Bonchev–Trinajstić information content (AvgIpc) is 2.45. The van der Waals surface area contributed by atoms with Crippen molar-refractivity contribution in [3.05, 3.63) is 60.2 Å². The van der Waals surface area contributed by atoms with Crippen LogP contribution in [0.3, 0.4) is 0 Å². The summed E-state index contributed by atoms with van der Waals surface area (Å²) in [6, 6.07) is 18.5. The van der Waals surface area contributed by atoms with Gasteiger partial charge in [0.05, 0.1) is 0 Å². The van der Waals surface area contributed by atoms with Gasteiger partial charge in [0.15, 0.2) is 0 Å². The lowest BCUT2D eigenvalue weighted by Crippen LogP contribution is -2.11. The van der Waals surface area contributed by atoms with E-state index in [1.165, 1.54) is 5.56 Å². The summed E-state index contributed by atoms with van der Waals surface area (Å²) in [5.74, 6) is 1.48. The molecule has 1 N–H and O–H groups in total. The SMILES string of the molecule is CC(C)c1cccc(OCCNc2ccccc2)c1. The first-order valence-electron chi connectivity index (χ1n) is 6.77. The minimum Gasteiger partial charge on any atom is -0.492 e. The van der Waals surface area contributed by atoms with E-state index in [2.05, 4.69) is 49.5 Å². The molecule has 0 saturated heterocycles. The molecule has 2 aromatic rings. The zero-order chi connectivity index (χ0) is 13.5. The molecule has 0 radical (unpaired) electrons. The highest BCUT2D eigenvalue weighted by Crippen LogP contribution is 2.19. The fraction of sp³-hybridized carbons (Fsp3) is 0.294. The van der Waals surface area contributed by atoms with Crippen molar-refractivity contribution in [2.24, 2.45) is 0 Å². The molecule has 0 aromatic heterocycles. The largest absolute Gasteiger partial charge is 0.492 e. The van der Waals surface area contributed by atoms with Crippen molar-refractivity contribution < 1.29 is 4.74 Å². The lowest BCUT2D eigenvalue weighted by Gasteiger charge is -2.11. The van der Waals surface area contributed by atoms with Gasteiger partial charge in [-0.1, -0.05) is 44.2 Å². The van der Waals surface area contributed by atoms with Crippen LogP contribution in [0.4, 0.5) is 5.69 Å². The second kappa shape index (κ2) is 6.83. The Balaban J connectivity index is 1.78. The van der Waals surface area contributed by atoms with E-state index in [4.69, 9.17) is 4.74 Å². The number of benzene rings is 2. The Kier molecular flexibility index (Phi) is 4.85. The first-order valence-corrected chi connectivity index (χ1v) is 6.77. The zero-order valence-electron chi connectivity index (χ0n) is 11.6. The molecule has 0 spiro atoms. The summed E-state index contributed by atoms with van der Waals surface area (Å²) in [6.45, 7) is 5.85.